The fraction of sp³-hybridized carbons (Fsp3) is 0.286. The predicted octanol–water partition coefficient (Wildman–Crippen LogP) is 6.21. The summed E-state index contributed by atoms with van der Waals surface area (Å²) in [6.07, 6.45) is 0.517. The first-order chi connectivity index (χ1) is 9.58. The van der Waals surface area contributed by atoms with Crippen LogP contribution in [0.25, 0.3) is 0 Å². The maximum Gasteiger partial charge on any atom is 0.174 e. The predicted molar refractivity (Wildman–Crippen MR) is 93.3 cm³/mol. The maximum absolute atomic E-state index is 11.9. The number of Topliss-reactive ketones (excluding diaryl/α,β-unsaturated/α-hetero) is 2. The molecule has 0 N–H and O–H groups in total. The van der Waals surface area contributed by atoms with Crippen molar-refractivity contribution in [3.63, 3.8) is 0 Å². The molecule has 0 spiro atoms. The topological polar surface area (TPSA) is 34.1 Å². The molecule has 6 heteroatoms. The Kier molecular flexibility index (Phi) is 7.87. The molecule has 20 heavy (non-hydrogen) atoms. The Labute approximate surface area is 143 Å². The molecular weight excluding hydrogens is 424 g/mol. The van der Waals surface area contributed by atoms with Crippen LogP contribution in [-0.2, 0) is 0 Å². The van der Waals surface area contributed by atoms with Crippen molar-refractivity contribution < 1.29 is 9.59 Å². The molecule has 2 aromatic heterocycles. The van der Waals surface area contributed by atoms with Crippen LogP contribution in [-0.4, -0.2) is 11.6 Å². The van der Waals surface area contributed by atoms with Crippen LogP contribution in [0.5, 0.6) is 0 Å². The Morgan fingerprint density at radius 1 is 1.10 bits per heavy atom. The number of halogens is 2. The summed E-state index contributed by atoms with van der Waals surface area (Å²) in [7, 11) is 0. The van der Waals surface area contributed by atoms with Crippen molar-refractivity contribution in [1.29, 1.82) is 0 Å². The van der Waals surface area contributed by atoms with Gasteiger partial charge >= 0.3 is 0 Å². The number of rotatable bonds is 5. The largest absolute Gasteiger partial charge is 0.293 e. The van der Waals surface area contributed by atoms with E-state index < -0.39 is 0 Å². The fourth-order valence-corrected chi connectivity index (χ4v) is 4.38. The summed E-state index contributed by atoms with van der Waals surface area (Å²) < 4.78 is 1.71. The smallest absolute Gasteiger partial charge is 0.174 e. The molecule has 0 atom stereocenters. The molecule has 0 fully saturated rings. The minimum atomic E-state index is 0.0147. The van der Waals surface area contributed by atoms with Crippen LogP contribution in [0.15, 0.2) is 31.8 Å². The van der Waals surface area contributed by atoms with Crippen LogP contribution in [0.2, 0.25) is 0 Å². The summed E-state index contributed by atoms with van der Waals surface area (Å²) in [5.74, 6) is 0.0348. The van der Waals surface area contributed by atoms with Crippen LogP contribution in [0.3, 0.4) is 0 Å². The third-order valence-electron chi connectivity index (χ3n) is 2.29. The van der Waals surface area contributed by atoms with Gasteiger partial charge in [0.25, 0.3) is 0 Å². The lowest BCUT2D eigenvalue weighted by Gasteiger charge is -1.98. The molecule has 0 amide bonds. The van der Waals surface area contributed by atoms with Crippen molar-refractivity contribution in [2.24, 2.45) is 0 Å². The number of thiophene rings is 2. The Hall–Kier alpha value is -0.300. The Morgan fingerprint density at radius 2 is 1.75 bits per heavy atom. The van der Waals surface area contributed by atoms with Crippen LogP contribution in [0, 0.1) is 0 Å². The van der Waals surface area contributed by atoms with Crippen LogP contribution in [0.1, 0.15) is 46.0 Å². The molecule has 0 saturated heterocycles. The zero-order valence-corrected chi connectivity index (χ0v) is 15.9. The third-order valence-corrected chi connectivity index (χ3v) is 5.90. The molecule has 0 aliphatic heterocycles. The monoisotopic (exact) mass is 436 g/mol. The van der Waals surface area contributed by atoms with Gasteiger partial charge in [0.05, 0.1) is 9.75 Å². The van der Waals surface area contributed by atoms with Gasteiger partial charge in [-0.1, -0.05) is 13.8 Å². The van der Waals surface area contributed by atoms with Gasteiger partial charge in [-0.05, 0) is 49.4 Å². The van der Waals surface area contributed by atoms with E-state index in [1.165, 1.54) is 22.7 Å². The van der Waals surface area contributed by atoms with E-state index in [4.69, 9.17) is 0 Å². The van der Waals surface area contributed by atoms with E-state index in [2.05, 4.69) is 31.9 Å². The number of carbonyl (C=O) groups is 2. The van der Waals surface area contributed by atoms with Gasteiger partial charge in [0.1, 0.15) is 0 Å². The Morgan fingerprint density at radius 3 is 2.25 bits per heavy atom. The first-order valence-corrected chi connectivity index (χ1v) is 9.46. The van der Waals surface area contributed by atoms with E-state index >= 15 is 0 Å². The lowest BCUT2D eigenvalue weighted by molar-refractivity contribution is 0.0921. The first-order valence-electron chi connectivity index (χ1n) is 6.11. The van der Waals surface area contributed by atoms with E-state index in [0.29, 0.717) is 9.75 Å². The number of hydrogen-bond acceptors (Lipinski definition) is 4. The van der Waals surface area contributed by atoms with Crippen LogP contribution in [0.4, 0.5) is 0 Å². The normalized spacial score (nSPS) is 9.80. The van der Waals surface area contributed by atoms with Crippen molar-refractivity contribution in [2.45, 2.75) is 26.7 Å². The molecule has 0 radical (unpaired) electrons. The summed E-state index contributed by atoms with van der Waals surface area (Å²) in [6.45, 7) is 4.00. The molecule has 2 nitrogen and oxygen atoms in total. The number of ketones is 2. The van der Waals surface area contributed by atoms with Gasteiger partial charge in [0.2, 0.25) is 0 Å². The van der Waals surface area contributed by atoms with E-state index in [9.17, 15) is 9.59 Å². The van der Waals surface area contributed by atoms with Gasteiger partial charge in [0.15, 0.2) is 11.6 Å². The molecule has 0 saturated carbocycles. The highest BCUT2D eigenvalue weighted by molar-refractivity contribution is 9.10. The van der Waals surface area contributed by atoms with Crippen LogP contribution >= 0.6 is 54.5 Å². The third kappa shape index (κ3) is 4.91. The molecule has 0 aliphatic carbocycles. The first kappa shape index (κ1) is 17.8. The minimum Gasteiger partial charge on any atom is -0.293 e. The standard InChI is InChI=1S/C12H8Br2O2S2.C2H6/c13-7-5-11(18-6-7)9(15)1-2-10(16)12-8(14)3-4-17-12;1-2/h3-6H,1-2H2;1-2H3. The molecule has 2 rings (SSSR count). The van der Waals surface area contributed by atoms with Gasteiger partial charge in [-0.25, -0.2) is 0 Å². The molecule has 2 heterocycles. The van der Waals surface area contributed by atoms with E-state index in [0.717, 1.165) is 8.95 Å². The number of carbonyl (C=O) groups excluding carboxylic acids is 2. The van der Waals surface area contributed by atoms with Gasteiger partial charge in [-0.15, -0.1) is 22.7 Å². The van der Waals surface area contributed by atoms with Gasteiger partial charge in [-0.3, -0.25) is 9.59 Å². The zero-order valence-electron chi connectivity index (χ0n) is 11.1. The Balaban J connectivity index is 0.000000956. The van der Waals surface area contributed by atoms with Crippen molar-refractivity contribution in [2.75, 3.05) is 0 Å². The lowest BCUT2D eigenvalue weighted by atomic mass is 10.1. The zero-order chi connectivity index (χ0) is 15.1. The highest BCUT2D eigenvalue weighted by Crippen LogP contribution is 2.25. The highest BCUT2D eigenvalue weighted by atomic mass is 79.9. The molecule has 0 aliphatic rings. The maximum atomic E-state index is 11.9. The summed E-state index contributed by atoms with van der Waals surface area (Å²) in [6, 6.07) is 3.63. The van der Waals surface area contributed by atoms with Crippen molar-refractivity contribution in [3.8, 4) is 0 Å². The molecule has 0 bridgehead atoms. The SMILES string of the molecule is CC.O=C(CCC(=O)c1sccc1Br)c1cc(Br)cs1. The van der Waals surface area contributed by atoms with Crippen molar-refractivity contribution >= 4 is 66.1 Å². The average Bonchev–Trinajstić information content (AvgIpc) is 3.06. The molecular formula is C14H14Br2O2S2. The average molecular weight is 438 g/mol. The van der Waals surface area contributed by atoms with E-state index in [1.54, 1.807) is 6.07 Å². The van der Waals surface area contributed by atoms with Gasteiger partial charge < -0.3 is 0 Å². The van der Waals surface area contributed by atoms with Crippen LogP contribution < -0.4 is 0 Å². The molecule has 2 aromatic rings. The molecule has 0 unspecified atom stereocenters. The van der Waals surface area contributed by atoms with E-state index in [-0.39, 0.29) is 24.4 Å². The summed E-state index contributed by atoms with van der Waals surface area (Å²) in [4.78, 5) is 25.1. The second-order valence-electron chi connectivity index (χ2n) is 3.57. The second-order valence-corrected chi connectivity index (χ2v) is 7.17. The fourth-order valence-electron chi connectivity index (χ4n) is 1.42. The highest BCUT2D eigenvalue weighted by Gasteiger charge is 2.15. The quantitative estimate of drug-likeness (QED) is 0.521. The van der Waals surface area contributed by atoms with E-state index in [1.807, 2.05) is 30.7 Å². The summed E-state index contributed by atoms with van der Waals surface area (Å²) in [5, 5.41) is 3.72. The van der Waals surface area contributed by atoms with Crippen molar-refractivity contribution in [3.05, 3.63) is 41.6 Å². The second kappa shape index (κ2) is 8.87. The number of hydrogen-bond donors (Lipinski definition) is 0. The van der Waals surface area contributed by atoms with Gasteiger partial charge in [-0.2, -0.15) is 0 Å². The Bertz CT molecular complexity index is 588. The summed E-state index contributed by atoms with van der Waals surface area (Å²) >= 11 is 9.42. The van der Waals surface area contributed by atoms with Crippen molar-refractivity contribution in [1.82, 2.24) is 0 Å². The molecule has 108 valence electrons. The summed E-state index contributed by atoms with van der Waals surface area (Å²) in [5.41, 5.74) is 0. The minimum absolute atomic E-state index is 0.0147. The lowest BCUT2D eigenvalue weighted by Crippen LogP contribution is -2.03. The molecule has 0 aromatic carbocycles. The van der Waals surface area contributed by atoms with Gasteiger partial charge in [0, 0.05) is 27.2 Å².